The van der Waals surface area contributed by atoms with Gasteiger partial charge in [0.05, 0.1) is 111 Å². The molecular formula is C101H92Cl7F7N18O7. The number of fused-ring (bicyclic) bond motifs is 3. The highest BCUT2D eigenvalue weighted by atomic mass is 35.5. The number of nitrogens with two attached hydrogens (primary N) is 2. The van der Waals surface area contributed by atoms with Crippen molar-refractivity contribution in [1.82, 2.24) is 58.3 Å². The van der Waals surface area contributed by atoms with Crippen LogP contribution in [0.2, 0.25) is 35.2 Å². The normalized spacial score (nSPS) is 16.1. The summed E-state index contributed by atoms with van der Waals surface area (Å²) in [5, 5.41) is 19.5. The summed E-state index contributed by atoms with van der Waals surface area (Å²) in [4.78, 5) is 120. The molecule has 726 valence electrons. The number of phenols is 1. The number of anilines is 5. The molecule has 0 saturated carbocycles. The van der Waals surface area contributed by atoms with Crippen LogP contribution in [0, 0.1) is 104 Å². The van der Waals surface area contributed by atoms with Gasteiger partial charge in [-0.25, -0.2) is 45.7 Å². The van der Waals surface area contributed by atoms with E-state index >= 15 is 8.78 Å². The minimum Gasteiger partial charge on any atom is -0.506 e. The number of nitrogens with zero attached hydrogens (tertiary/aromatic N) is 16. The van der Waals surface area contributed by atoms with Gasteiger partial charge in [0.25, 0.3) is 16.7 Å². The van der Waals surface area contributed by atoms with Crippen molar-refractivity contribution in [3.8, 4) is 87.3 Å². The molecule has 0 aliphatic carbocycles. The highest BCUT2D eigenvalue weighted by Crippen LogP contribution is 2.50. The van der Waals surface area contributed by atoms with E-state index in [1.54, 1.807) is 71.4 Å². The number of carbonyl (C=O) groups is 3. The molecule has 0 spiro atoms. The average molecular weight is 2050 g/mol. The predicted octanol–water partition coefficient (Wildman–Crippen LogP) is 20.6. The number of aryl methyl sites for hydroxylation is 3. The van der Waals surface area contributed by atoms with Crippen LogP contribution in [0.5, 0.6) is 5.75 Å². The van der Waals surface area contributed by atoms with Crippen LogP contribution in [0.25, 0.3) is 83.9 Å². The molecule has 5 atom stereocenters. The average Bonchev–Trinajstić information content (AvgIpc) is 0.725. The number of nitriles is 1. The smallest absolute Gasteiger partial charge is 0.276 e. The number of piperazine rings is 3. The highest BCUT2D eigenvalue weighted by Gasteiger charge is 2.41. The molecule has 3 aliphatic heterocycles. The fraction of sp³-hybridized carbons (Fsp3) is 0.297. The molecule has 0 unspecified atom stereocenters. The quantitative estimate of drug-likeness (QED) is 0.0214. The number of halogens is 14. The Morgan fingerprint density at radius 3 is 1.07 bits per heavy atom. The van der Waals surface area contributed by atoms with Gasteiger partial charge >= 0.3 is 0 Å². The summed E-state index contributed by atoms with van der Waals surface area (Å²) in [5.74, 6) is -8.00. The molecule has 25 nitrogen and oxygen atoms in total. The zero-order valence-corrected chi connectivity index (χ0v) is 83.6. The number of phenolic OH excluding ortho intramolecular Hbond substituents is 1. The van der Waals surface area contributed by atoms with E-state index in [4.69, 9.17) is 111 Å². The van der Waals surface area contributed by atoms with Gasteiger partial charge in [-0.15, -0.1) is 12.8 Å². The van der Waals surface area contributed by atoms with Gasteiger partial charge in [-0.3, -0.25) is 57.4 Å². The second-order valence-electron chi connectivity index (χ2n) is 35.1. The fourth-order valence-corrected chi connectivity index (χ4v) is 20.2. The van der Waals surface area contributed by atoms with Gasteiger partial charge in [-0.2, -0.15) is 5.26 Å². The Morgan fingerprint density at radius 1 is 0.450 bits per heavy atom. The summed E-state index contributed by atoms with van der Waals surface area (Å²) < 4.78 is 107. The molecule has 0 bridgehead atoms. The molecule has 0 radical (unpaired) electrons. The molecular weight excluding hydrogens is 1960 g/mol. The van der Waals surface area contributed by atoms with Gasteiger partial charge in [-0.05, 0) is 157 Å². The third-order valence-electron chi connectivity index (χ3n) is 25.0. The fourth-order valence-electron chi connectivity index (χ4n) is 18.7. The van der Waals surface area contributed by atoms with Crippen LogP contribution in [0.1, 0.15) is 150 Å². The molecule has 12 aromatic rings. The van der Waals surface area contributed by atoms with Gasteiger partial charge in [0, 0.05) is 116 Å². The Balaban J connectivity index is 0.000000177. The first kappa shape index (κ1) is 104. The number of rotatable bonds is 15. The molecule has 3 saturated heterocycles. The van der Waals surface area contributed by atoms with Crippen molar-refractivity contribution in [3.05, 3.63) is 256 Å². The van der Waals surface area contributed by atoms with Gasteiger partial charge in [-0.1, -0.05) is 154 Å². The SMILES string of the molecule is C#Cc1c(N2C[C@@H](C)N(C(=O)C=C)[C@@H](C)C2)c2cc(Cl)c(-c3c(N)c(Cl)c(F)c(F)c3F)nc2n(-c2c(C)ccnc2C(C)C)c1=O.C#Cc1c(N2C[C@@H](C)N(C(=O)C=C)[C@@H](C)C2)c2cc(Cl)c(-c3c(N)c(Cl)c(F)c(F)c3F)nc2n(-c2c(C)ccnc2C(C)C)c1=O.C=CC(=O)N1CCN(c2c(C#N)c(=O)n(-c3c(C)ccnc3C(C)C)c3nc(-c4c(C)c(Cl)c(F)c(Cl)c4O)c(Cl)cc23)C[C@H]1C. The summed E-state index contributed by atoms with van der Waals surface area (Å²) >= 11 is 44.6. The number of nitrogen functional groups attached to an aromatic ring is 2. The van der Waals surface area contributed by atoms with Gasteiger partial charge in [0.1, 0.15) is 60.5 Å². The van der Waals surface area contributed by atoms with Crippen LogP contribution < -0.4 is 42.8 Å². The maximum absolute atomic E-state index is 15.4. The van der Waals surface area contributed by atoms with Crippen LogP contribution >= 0.6 is 81.2 Å². The number of benzene rings is 3. The molecule has 3 aliphatic rings. The third kappa shape index (κ3) is 18.0. The molecule has 3 amide bonds. The Hall–Kier alpha value is -13.2. The van der Waals surface area contributed by atoms with E-state index in [-0.39, 0.29) is 174 Å². The van der Waals surface area contributed by atoms with Crippen LogP contribution in [-0.2, 0) is 14.4 Å². The number of hydrogen-bond donors (Lipinski definition) is 3. The van der Waals surface area contributed by atoms with E-state index in [2.05, 4.69) is 62.6 Å². The maximum atomic E-state index is 15.4. The number of carbonyl (C=O) groups excluding carboxylic acids is 3. The van der Waals surface area contributed by atoms with Crippen LogP contribution in [0.4, 0.5) is 59.2 Å². The Bertz CT molecular complexity index is 7240. The molecule has 3 fully saturated rings. The van der Waals surface area contributed by atoms with E-state index in [1.807, 2.05) is 97.8 Å². The molecule has 9 aromatic heterocycles. The molecule has 12 heterocycles. The largest absolute Gasteiger partial charge is 0.506 e. The Kier molecular flexibility index (Phi) is 30.4. The topological polar surface area (TPSA) is 310 Å². The van der Waals surface area contributed by atoms with Crippen molar-refractivity contribution in [2.45, 2.75) is 152 Å². The number of aromatic hydroxyl groups is 1. The molecule has 15 rings (SSSR count). The number of hydrogen-bond acceptors (Lipinski definition) is 19. The van der Waals surface area contributed by atoms with E-state index in [0.717, 1.165) is 0 Å². The van der Waals surface area contributed by atoms with E-state index in [0.29, 0.717) is 104 Å². The lowest BCUT2D eigenvalue weighted by Crippen LogP contribution is -2.58. The highest BCUT2D eigenvalue weighted by molar-refractivity contribution is 6.39. The van der Waals surface area contributed by atoms with Crippen molar-refractivity contribution in [2.24, 2.45) is 0 Å². The molecule has 39 heteroatoms. The molecule has 140 heavy (non-hydrogen) atoms. The summed E-state index contributed by atoms with van der Waals surface area (Å²) in [6.07, 6.45) is 20.7. The van der Waals surface area contributed by atoms with E-state index in [9.17, 15) is 61.1 Å². The first-order valence-electron chi connectivity index (χ1n) is 43.8. The lowest BCUT2D eigenvalue weighted by Gasteiger charge is -2.45. The number of aromatic nitrogens is 9. The first-order valence-corrected chi connectivity index (χ1v) is 46.5. The van der Waals surface area contributed by atoms with Crippen molar-refractivity contribution in [1.29, 1.82) is 5.26 Å². The van der Waals surface area contributed by atoms with Gasteiger partial charge in [0.15, 0.2) is 40.7 Å². The zero-order valence-electron chi connectivity index (χ0n) is 78.3. The Morgan fingerprint density at radius 2 is 0.764 bits per heavy atom. The van der Waals surface area contributed by atoms with Crippen LogP contribution in [0.3, 0.4) is 0 Å². The summed E-state index contributed by atoms with van der Waals surface area (Å²) in [6.45, 7) is 40.5. The van der Waals surface area contributed by atoms with Gasteiger partial charge < -0.3 is 46.0 Å². The lowest BCUT2D eigenvalue weighted by molar-refractivity contribution is -0.131. The second-order valence-corrected chi connectivity index (χ2v) is 37.9. The van der Waals surface area contributed by atoms with Crippen molar-refractivity contribution < 1.29 is 50.2 Å². The Labute approximate surface area is 835 Å². The first-order chi connectivity index (χ1) is 66.0. The van der Waals surface area contributed by atoms with Crippen molar-refractivity contribution in [3.63, 3.8) is 0 Å². The van der Waals surface area contributed by atoms with Crippen molar-refractivity contribution in [2.75, 3.05) is 72.0 Å². The monoisotopic (exact) mass is 2050 g/mol. The summed E-state index contributed by atoms with van der Waals surface area (Å²) in [5.41, 5.74) is 12.7. The minimum absolute atomic E-state index is 0.000758. The predicted molar refractivity (Wildman–Crippen MR) is 539 cm³/mol. The van der Waals surface area contributed by atoms with Crippen LogP contribution in [0.15, 0.2) is 107 Å². The van der Waals surface area contributed by atoms with Crippen molar-refractivity contribution >= 4 is 160 Å². The van der Waals surface area contributed by atoms with E-state index < -0.39 is 101 Å². The number of pyridine rings is 9. The second kappa shape index (κ2) is 40.9. The van der Waals surface area contributed by atoms with E-state index in [1.165, 1.54) is 51.0 Å². The summed E-state index contributed by atoms with van der Waals surface area (Å²) in [7, 11) is 0. The minimum atomic E-state index is -1.86. The molecule has 5 N–H and O–H groups in total. The molecule has 3 aromatic carbocycles. The lowest BCUT2D eigenvalue weighted by atomic mass is 10.0. The number of terminal acetylenes is 2. The maximum Gasteiger partial charge on any atom is 0.276 e. The van der Waals surface area contributed by atoms with Gasteiger partial charge in [0.2, 0.25) is 17.7 Å². The standard InChI is InChI=1S/2C34H31Cl2F3N6O2.C33H30Cl3FN6O3/c2*1-8-19-32(43-13-17(6)44(18(7)14-43)22(46)9-2)20-12-21(35)30(23-25(37)27(39)26(38)24(36)28(23)40)42-33(20)45(34(19)47)31-16(5)10-11-41-29(31)15(3)4;1-7-22(44)42-11-10-41(14-17(42)5)30-19-12-21(34)28(23-18(6)24(35)26(37)25(36)31(23)45)40-32(19)43(33(46)20(30)13-38)29-16(4)8-9-39-27(29)15(2)3/h2*1,9-12,15,17-18H,2,13-14,40H2,3-7H3;7-9,12,15,17,45H,1,10-11,14H2,2-6H3/t2*17-,18+;17-/m..1/s1. The van der Waals surface area contributed by atoms with Crippen LogP contribution in [-0.4, -0.2) is 157 Å². The zero-order chi connectivity index (χ0) is 103. The third-order valence-corrected chi connectivity index (χ3v) is 27.4. The summed E-state index contributed by atoms with van der Waals surface area (Å²) in [6, 6.07) is 10.2. The number of amides is 3.